The van der Waals surface area contributed by atoms with Crippen LogP contribution >= 0.6 is 0 Å². The van der Waals surface area contributed by atoms with Crippen LogP contribution in [-0.2, 0) is 18.4 Å². The zero-order valence-electron chi connectivity index (χ0n) is 22.5. The van der Waals surface area contributed by atoms with Gasteiger partial charge in [0.25, 0.3) is 5.91 Å². The highest BCUT2D eigenvalue weighted by atomic mass is 16.5. The van der Waals surface area contributed by atoms with Crippen molar-refractivity contribution in [2.24, 2.45) is 4.99 Å². The fourth-order valence-corrected chi connectivity index (χ4v) is 3.97. The van der Waals surface area contributed by atoms with Gasteiger partial charge >= 0.3 is 0 Å². The maximum absolute atomic E-state index is 12.5. The summed E-state index contributed by atoms with van der Waals surface area (Å²) >= 11 is 0. The van der Waals surface area contributed by atoms with Crippen molar-refractivity contribution in [1.82, 2.24) is 24.3 Å². The summed E-state index contributed by atoms with van der Waals surface area (Å²) in [7, 11) is 6.82. The van der Waals surface area contributed by atoms with Crippen molar-refractivity contribution in [1.29, 1.82) is 0 Å². The van der Waals surface area contributed by atoms with E-state index in [0.717, 1.165) is 41.0 Å². The topological polar surface area (TPSA) is 86.3 Å². The SMILES string of the molecule is CCCOc1cc(CCn2nc3c(C)cc(C(=O)N(C)C)nn3c2=NC)cc(C(C)(C)C)c1OC. The van der Waals surface area contributed by atoms with E-state index in [1.165, 1.54) is 4.90 Å². The second kappa shape index (κ2) is 10.5. The normalized spacial score (nSPS) is 12.3. The van der Waals surface area contributed by atoms with Gasteiger partial charge in [-0.05, 0) is 48.4 Å². The number of ether oxygens (including phenoxy) is 2. The number of benzene rings is 1. The Morgan fingerprint density at radius 1 is 1.17 bits per heavy atom. The van der Waals surface area contributed by atoms with Gasteiger partial charge in [0.05, 0.1) is 13.7 Å². The van der Waals surface area contributed by atoms with Gasteiger partial charge in [0.2, 0.25) is 5.62 Å². The lowest BCUT2D eigenvalue weighted by atomic mass is 9.84. The zero-order valence-corrected chi connectivity index (χ0v) is 22.5. The highest BCUT2D eigenvalue weighted by Crippen LogP contribution is 2.40. The average molecular weight is 483 g/mol. The molecule has 0 atom stereocenters. The summed E-state index contributed by atoms with van der Waals surface area (Å²) in [4.78, 5) is 18.4. The first-order chi connectivity index (χ1) is 16.5. The van der Waals surface area contributed by atoms with Crippen molar-refractivity contribution >= 4 is 11.6 Å². The highest BCUT2D eigenvalue weighted by Gasteiger charge is 2.23. The first-order valence-corrected chi connectivity index (χ1v) is 12.0. The van der Waals surface area contributed by atoms with E-state index in [2.05, 4.69) is 49.9 Å². The predicted molar refractivity (Wildman–Crippen MR) is 136 cm³/mol. The van der Waals surface area contributed by atoms with Crippen LogP contribution in [0.5, 0.6) is 11.5 Å². The van der Waals surface area contributed by atoms with E-state index < -0.39 is 0 Å². The Morgan fingerprint density at radius 2 is 1.89 bits per heavy atom. The lowest BCUT2D eigenvalue weighted by molar-refractivity contribution is 0.0820. The summed E-state index contributed by atoms with van der Waals surface area (Å²) in [5.74, 6) is 1.39. The molecule has 3 rings (SSSR count). The van der Waals surface area contributed by atoms with Crippen LogP contribution in [0.2, 0.25) is 0 Å². The number of fused-ring (bicyclic) bond motifs is 1. The largest absolute Gasteiger partial charge is 0.493 e. The summed E-state index contributed by atoms with van der Waals surface area (Å²) in [6, 6.07) is 6.01. The lowest BCUT2D eigenvalue weighted by Gasteiger charge is -2.25. The lowest BCUT2D eigenvalue weighted by Crippen LogP contribution is -2.28. The van der Waals surface area contributed by atoms with E-state index >= 15 is 0 Å². The molecular weight excluding hydrogens is 444 g/mol. The monoisotopic (exact) mass is 482 g/mol. The molecule has 0 unspecified atom stereocenters. The number of methoxy groups -OCH3 is 1. The second-order valence-corrected chi connectivity index (χ2v) is 9.92. The minimum Gasteiger partial charge on any atom is -0.493 e. The molecule has 0 bridgehead atoms. The van der Waals surface area contributed by atoms with E-state index in [0.29, 0.717) is 30.1 Å². The molecule has 1 aromatic carbocycles. The van der Waals surface area contributed by atoms with Crippen LogP contribution in [0.15, 0.2) is 23.2 Å². The number of aromatic nitrogens is 4. The van der Waals surface area contributed by atoms with Crippen molar-refractivity contribution in [2.75, 3.05) is 34.9 Å². The molecule has 0 N–H and O–H groups in total. The molecule has 0 saturated heterocycles. The molecule has 0 aliphatic carbocycles. The summed E-state index contributed by atoms with van der Waals surface area (Å²) < 4.78 is 15.3. The Hall–Kier alpha value is -3.36. The van der Waals surface area contributed by atoms with Crippen LogP contribution in [0.25, 0.3) is 5.65 Å². The predicted octanol–water partition coefficient (Wildman–Crippen LogP) is 3.41. The Balaban J connectivity index is 2.02. The van der Waals surface area contributed by atoms with Gasteiger partial charge in [-0.3, -0.25) is 9.79 Å². The summed E-state index contributed by atoms with van der Waals surface area (Å²) in [6.45, 7) is 11.7. The molecule has 9 nitrogen and oxygen atoms in total. The van der Waals surface area contributed by atoms with Gasteiger partial charge in [-0.1, -0.05) is 33.8 Å². The fourth-order valence-electron chi connectivity index (χ4n) is 3.97. The molecule has 3 aromatic rings. The molecule has 35 heavy (non-hydrogen) atoms. The third kappa shape index (κ3) is 5.49. The number of carbonyl (C=O) groups excluding carboxylic acids is 1. The van der Waals surface area contributed by atoms with Gasteiger partial charge < -0.3 is 14.4 Å². The molecule has 2 aromatic heterocycles. The average Bonchev–Trinajstić information content (AvgIpc) is 3.17. The van der Waals surface area contributed by atoms with E-state index in [9.17, 15) is 4.79 Å². The third-order valence-corrected chi connectivity index (χ3v) is 5.78. The van der Waals surface area contributed by atoms with E-state index in [-0.39, 0.29) is 11.3 Å². The molecule has 190 valence electrons. The van der Waals surface area contributed by atoms with Crippen molar-refractivity contribution < 1.29 is 14.3 Å². The number of amides is 1. The van der Waals surface area contributed by atoms with Crippen LogP contribution in [0.4, 0.5) is 0 Å². The summed E-state index contributed by atoms with van der Waals surface area (Å²) in [6.07, 6.45) is 1.64. The quantitative estimate of drug-likeness (QED) is 0.491. The van der Waals surface area contributed by atoms with Gasteiger partial charge in [0.1, 0.15) is 5.69 Å². The number of rotatable bonds is 8. The molecular formula is C26H38N6O3. The Bertz CT molecular complexity index is 1280. The van der Waals surface area contributed by atoms with Crippen molar-refractivity contribution in [3.05, 3.63) is 46.2 Å². The van der Waals surface area contributed by atoms with Gasteiger partial charge in [0.15, 0.2) is 17.1 Å². The highest BCUT2D eigenvalue weighted by molar-refractivity contribution is 5.92. The van der Waals surface area contributed by atoms with Crippen LogP contribution in [0.1, 0.15) is 61.3 Å². The minimum absolute atomic E-state index is 0.109. The molecule has 0 saturated carbocycles. The van der Waals surface area contributed by atoms with Crippen molar-refractivity contribution in [3.8, 4) is 11.5 Å². The van der Waals surface area contributed by atoms with Crippen molar-refractivity contribution in [3.63, 3.8) is 0 Å². The third-order valence-electron chi connectivity index (χ3n) is 5.78. The summed E-state index contributed by atoms with van der Waals surface area (Å²) in [5.41, 5.74) is 4.61. The number of carbonyl (C=O) groups is 1. The molecule has 0 aliphatic heterocycles. The van der Waals surface area contributed by atoms with Crippen LogP contribution in [0.3, 0.4) is 0 Å². The maximum atomic E-state index is 12.5. The van der Waals surface area contributed by atoms with E-state index in [1.54, 1.807) is 38.8 Å². The Labute approximate surface area is 207 Å². The molecule has 0 spiro atoms. The first kappa shape index (κ1) is 26.2. The van der Waals surface area contributed by atoms with E-state index in [1.807, 2.05) is 11.6 Å². The van der Waals surface area contributed by atoms with Gasteiger partial charge in [-0.15, -0.1) is 5.10 Å². The summed E-state index contributed by atoms with van der Waals surface area (Å²) in [5, 5.41) is 9.30. The number of aryl methyl sites for hydroxylation is 3. The molecule has 0 aliphatic rings. The molecule has 1 amide bonds. The van der Waals surface area contributed by atoms with Gasteiger partial charge in [-0.25, -0.2) is 4.68 Å². The standard InChI is InChI=1S/C26H38N6O3/c1-10-13-35-21-16-18(15-19(22(21)34-9)26(3,4)5)11-12-31-25(27-6)32-23(29-31)17(2)14-20(28-32)24(33)30(7)8/h14-16H,10-13H2,1-9H3. The minimum atomic E-state index is -0.162. The molecule has 0 radical (unpaired) electrons. The first-order valence-electron chi connectivity index (χ1n) is 12.0. The Kier molecular flexibility index (Phi) is 7.87. The maximum Gasteiger partial charge on any atom is 0.273 e. The van der Waals surface area contributed by atoms with Gasteiger partial charge in [0, 0.05) is 33.3 Å². The van der Waals surface area contributed by atoms with Crippen LogP contribution < -0.4 is 15.1 Å². The van der Waals surface area contributed by atoms with E-state index in [4.69, 9.17) is 14.6 Å². The Morgan fingerprint density at radius 3 is 2.46 bits per heavy atom. The molecule has 2 heterocycles. The molecule has 9 heteroatoms. The number of hydrogen-bond acceptors (Lipinski definition) is 6. The number of hydrogen-bond donors (Lipinski definition) is 0. The van der Waals surface area contributed by atoms with Crippen LogP contribution in [0, 0.1) is 6.92 Å². The van der Waals surface area contributed by atoms with Gasteiger partial charge in [-0.2, -0.15) is 9.61 Å². The smallest absolute Gasteiger partial charge is 0.273 e. The van der Waals surface area contributed by atoms with Crippen LogP contribution in [-0.4, -0.2) is 65.1 Å². The van der Waals surface area contributed by atoms with Crippen molar-refractivity contribution in [2.45, 2.75) is 59.4 Å². The zero-order chi connectivity index (χ0) is 25.9. The molecule has 0 fully saturated rings. The number of nitrogens with zero attached hydrogens (tertiary/aromatic N) is 6. The second-order valence-electron chi connectivity index (χ2n) is 9.92. The fraction of sp³-hybridized carbons (Fsp3) is 0.538.